The summed E-state index contributed by atoms with van der Waals surface area (Å²) in [5.74, 6) is 5.75. The van der Waals surface area contributed by atoms with Crippen LogP contribution in [0.25, 0.3) is 0 Å². The number of nitrogens with zero attached hydrogens (tertiary/aromatic N) is 2. The van der Waals surface area contributed by atoms with Gasteiger partial charge in [0.2, 0.25) is 0 Å². The van der Waals surface area contributed by atoms with Crippen LogP contribution in [0.15, 0.2) is 10.8 Å². The number of nitrogens with two attached hydrogens (primary N) is 1. The lowest BCUT2D eigenvalue weighted by Crippen LogP contribution is -2.28. The smallest absolute Gasteiger partial charge is 0.328 e. The maximum absolute atomic E-state index is 11.2. The number of anilines is 2. The second kappa shape index (κ2) is 5.61. The first-order valence-corrected chi connectivity index (χ1v) is 5.21. The van der Waals surface area contributed by atoms with Gasteiger partial charge in [-0.15, -0.1) is 0 Å². The number of hydrazine groups is 1. The molecule has 1 aromatic heterocycles. The zero-order chi connectivity index (χ0) is 12.1. The van der Waals surface area contributed by atoms with E-state index in [0.29, 0.717) is 16.1 Å². The Morgan fingerprint density at radius 2 is 2.19 bits per heavy atom. The number of carbonyl (C=O) groups is 1. The van der Waals surface area contributed by atoms with E-state index < -0.39 is 6.04 Å². The van der Waals surface area contributed by atoms with Crippen molar-refractivity contribution in [1.82, 2.24) is 9.97 Å². The van der Waals surface area contributed by atoms with Crippen molar-refractivity contribution < 1.29 is 9.53 Å². The van der Waals surface area contributed by atoms with Crippen molar-refractivity contribution in [3.63, 3.8) is 0 Å². The second-order valence-electron chi connectivity index (χ2n) is 2.92. The van der Waals surface area contributed by atoms with Gasteiger partial charge < -0.3 is 15.5 Å². The van der Waals surface area contributed by atoms with Crippen LogP contribution in [-0.2, 0) is 9.53 Å². The molecule has 0 amide bonds. The first kappa shape index (κ1) is 12.7. The summed E-state index contributed by atoms with van der Waals surface area (Å²) >= 11 is 3.26. The fourth-order valence-corrected chi connectivity index (χ4v) is 1.45. The van der Waals surface area contributed by atoms with Gasteiger partial charge in [-0.2, -0.15) is 0 Å². The van der Waals surface area contributed by atoms with Gasteiger partial charge in [-0.05, 0) is 22.9 Å². The molecule has 16 heavy (non-hydrogen) atoms. The Kier molecular flexibility index (Phi) is 4.44. The Bertz CT molecular complexity index is 387. The molecule has 0 aromatic carbocycles. The summed E-state index contributed by atoms with van der Waals surface area (Å²) in [6, 6.07) is -0.512. The number of nitrogens with one attached hydrogen (secondary N) is 2. The predicted molar refractivity (Wildman–Crippen MR) is 62.6 cm³/mol. The molecule has 0 aliphatic carbocycles. The summed E-state index contributed by atoms with van der Waals surface area (Å²) in [5, 5.41) is 2.87. The molecular weight excluding hydrogens is 278 g/mol. The Hall–Kier alpha value is -1.41. The molecule has 0 radical (unpaired) electrons. The maximum atomic E-state index is 11.2. The minimum absolute atomic E-state index is 0.382. The Morgan fingerprint density at radius 1 is 1.56 bits per heavy atom. The number of aromatic nitrogens is 2. The summed E-state index contributed by atoms with van der Waals surface area (Å²) in [4.78, 5) is 19.0. The maximum Gasteiger partial charge on any atom is 0.328 e. The summed E-state index contributed by atoms with van der Waals surface area (Å²) in [6.07, 6.45) is 1.33. The normalized spacial score (nSPS) is 11.8. The topological polar surface area (TPSA) is 102 Å². The molecule has 1 rings (SSSR count). The number of hydrogen-bond acceptors (Lipinski definition) is 7. The van der Waals surface area contributed by atoms with E-state index in [-0.39, 0.29) is 5.97 Å². The van der Waals surface area contributed by atoms with E-state index in [2.05, 4.69) is 41.4 Å². The highest BCUT2D eigenvalue weighted by Crippen LogP contribution is 2.26. The Morgan fingerprint density at radius 3 is 2.75 bits per heavy atom. The molecule has 1 unspecified atom stereocenters. The molecule has 1 heterocycles. The lowest BCUT2D eigenvalue weighted by Gasteiger charge is -2.14. The van der Waals surface area contributed by atoms with Crippen LogP contribution in [0.4, 0.5) is 11.6 Å². The number of nitrogen functional groups attached to an aromatic ring is 1. The average Bonchev–Trinajstić information content (AvgIpc) is 2.30. The van der Waals surface area contributed by atoms with Crippen LogP contribution in [0.1, 0.15) is 6.92 Å². The average molecular weight is 290 g/mol. The van der Waals surface area contributed by atoms with Crippen LogP contribution < -0.4 is 16.6 Å². The van der Waals surface area contributed by atoms with Crippen LogP contribution in [-0.4, -0.2) is 29.1 Å². The molecule has 0 fully saturated rings. The molecule has 0 saturated carbocycles. The third-order valence-corrected chi connectivity index (χ3v) is 2.59. The lowest BCUT2D eigenvalue weighted by atomic mass is 10.3. The molecule has 4 N–H and O–H groups in total. The van der Waals surface area contributed by atoms with Crippen molar-refractivity contribution in [2.24, 2.45) is 5.84 Å². The molecule has 7 nitrogen and oxygen atoms in total. The van der Waals surface area contributed by atoms with E-state index in [9.17, 15) is 4.79 Å². The Labute approximate surface area is 101 Å². The van der Waals surface area contributed by atoms with Crippen molar-refractivity contribution in [3.8, 4) is 0 Å². The first-order chi connectivity index (χ1) is 7.60. The van der Waals surface area contributed by atoms with E-state index in [0.717, 1.165) is 0 Å². The van der Waals surface area contributed by atoms with Crippen LogP contribution in [0.5, 0.6) is 0 Å². The van der Waals surface area contributed by atoms with Gasteiger partial charge in [0.25, 0.3) is 0 Å². The summed E-state index contributed by atoms with van der Waals surface area (Å²) in [5.41, 5.74) is 2.40. The summed E-state index contributed by atoms with van der Waals surface area (Å²) in [7, 11) is 1.32. The highest BCUT2D eigenvalue weighted by Gasteiger charge is 2.16. The van der Waals surface area contributed by atoms with E-state index in [1.54, 1.807) is 6.92 Å². The number of carbonyl (C=O) groups excluding carboxylic acids is 1. The SMILES string of the molecule is COC(=O)C(C)Nc1ncnc(NN)c1Br. The Balaban J connectivity index is 2.85. The van der Waals surface area contributed by atoms with Crippen LogP contribution in [0, 0.1) is 0 Å². The molecular formula is C8H12BrN5O2. The van der Waals surface area contributed by atoms with Gasteiger partial charge in [-0.1, -0.05) is 0 Å². The van der Waals surface area contributed by atoms with Gasteiger partial charge in [0.1, 0.15) is 22.7 Å². The fraction of sp³-hybridized carbons (Fsp3) is 0.375. The molecule has 88 valence electrons. The zero-order valence-electron chi connectivity index (χ0n) is 8.82. The van der Waals surface area contributed by atoms with Crippen molar-refractivity contribution in [2.45, 2.75) is 13.0 Å². The van der Waals surface area contributed by atoms with Crippen molar-refractivity contribution in [3.05, 3.63) is 10.8 Å². The van der Waals surface area contributed by atoms with Gasteiger partial charge >= 0.3 is 5.97 Å². The van der Waals surface area contributed by atoms with E-state index >= 15 is 0 Å². The molecule has 0 spiro atoms. The number of esters is 1. The van der Waals surface area contributed by atoms with Gasteiger partial charge in [0, 0.05) is 0 Å². The minimum Gasteiger partial charge on any atom is -0.467 e. The van der Waals surface area contributed by atoms with E-state index in [1.807, 2.05) is 0 Å². The van der Waals surface area contributed by atoms with Crippen LogP contribution >= 0.6 is 15.9 Å². The highest BCUT2D eigenvalue weighted by molar-refractivity contribution is 9.10. The highest BCUT2D eigenvalue weighted by atomic mass is 79.9. The summed E-state index contributed by atoms with van der Waals surface area (Å²) in [6.45, 7) is 1.66. The molecule has 0 bridgehead atoms. The fourth-order valence-electron chi connectivity index (χ4n) is 1.01. The molecule has 1 aromatic rings. The number of rotatable bonds is 4. The van der Waals surface area contributed by atoms with Crippen molar-refractivity contribution >= 4 is 33.5 Å². The number of methoxy groups -OCH3 is 1. The third kappa shape index (κ3) is 2.80. The molecule has 0 aliphatic heterocycles. The van der Waals surface area contributed by atoms with Gasteiger partial charge in [0.15, 0.2) is 5.82 Å². The molecule has 0 aliphatic rings. The van der Waals surface area contributed by atoms with Gasteiger partial charge in [-0.3, -0.25) is 0 Å². The molecule has 1 atom stereocenters. The minimum atomic E-state index is -0.512. The second-order valence-corrected chi connectivity index (χ2v) is 3.71. The third-order valence-electron chi connectivity index (χ3n) is 1.83. The van der Waals surface area contributed by atoms with Crippen molar-refractivity contribution in [1.29, 1.82) is 0 Å². The van der Waals surface area contributed by atoms with Crippen LogP contribution in [0.2, 0.25) is 0 Å². The quantitative estimate of drug-likeness (QED) is 0.421. The predicted octanol–water partition coefficient (Wildman–Crippen LogP) is 0.498. The standard InChI is InChI=1S/C8H12BrN5O2/c1-4(8(15)16-2)13-6-5(9)7(14-10)12-3-11-6/h3-4H,10H2,1-2H3,(H2,11,12,13,14). The number of hydrogen-bond donors (Lipinski definition) is 3. The lowest BCUT2D eigenvalue weighted by molar-refractivity contribution is -0.141. The van der Waals surface area contributed by atoms with Gasteiger partial charge in [-0.25, -0.2) is 20.6 Å². The van der Waals surface area contributed by atoms with E-state index in [1.165, 1.54) is 13.4 Å². The number of ether oxygens (including phenoxy) is 1. The summed E-state index contributed by atoms with van der Waals surface area (Å²) < 4.78 is 5.13. The first-order valence-electron chi connectivity index (χ1n) is 4.41. The van der Waals surface area contributed by atoms with Crippen molar-refractivity contribution in [2.75, 3.05) is 17.9 Å². The van der Waals surface area contributed by atoms with E-state index in [4.69, 9.17) is 5.84 Å². The van der Waals surface area contributed by atoms with Gasteiger partial charge in [0.05, 0.1) is 7.11 Å². The van der Waals surface area contributed by atoms with Crippen LogP contribution in [0.3, 0.4) is 0 Å². The molecule has 8 heteroatoms. The molecule has 0 saturated heterocycles. The zero-order valence-corrected chi connectivity index (χ0v) is 10.4. The largest absolute Gasteiger partial charge is 0.467 e. The monoisotopic (exact) mass is 289 g/mol. The number of halogens is 1.